The molecule has 0 radical (unpaired) electrons. The third-order valence-corrected chi connectivity index (χ3v) is 5.88. The SMILES string of the molecule is COc1c(C(C)(C)C)cc(-c2cccc3c2C=C(C(C)C)C3)cc1C(C)(C)C. The molecule has 0 spiro atoms. The van der Waals surface area contributed by atoms with Gasteiger partial charge in [0.2, 0.25) is 0 Å². The summed E-state index contributed by atoms with van der Waals surface area (Å²) >= 11 is 0. The van der Waals surface area contributed by atoms with Crippen molar-refractivity contribution in [3.63, 3.8) is 0 Å². The molecule has 1 aliphatic carbocycles. The minimum absolute atomic E-state index is 0.0121. The van der Waals surface area contributed by atoms with E-state index < -0.39 is 0 Å². The minimum atomic E-state index is 0.0121. The van der Waals surface area contributed by atoms with Gasteiger partial charge in [0, 0.05) is 11.1 Å². The van der Waals surface area contributed by atoms with E-state index in [1.54, 1.807) is 7.11 Å². The van der Waals surface area contributed by atoms with Gasteiger partial charge in [0.1, 0.15) is 5.75 Å². The number of hydrogen-bond acceptors (Lipinski definition) is 1. The predicted octanol–water partition coefficient (Wildman–Crippen LogP) is 7.55. The summed E-state index contributed by atoms with van der Waals surface area (Å²) < 4.78 is 5.95. The van der Waals surface area contributed by atoms with Crippen molar-refractivity contribution >= 4 is 6.08 Å². The monoisotopic (exact) mass is 376 g/mol. The molecule has 0 unspecified atom stereocenters. The first kappa shape index (κ1) is 20.7. The highest BCUT2D eigenvalue weighted by atomic mass is 16.5. The molecule has 2 aromatic rings. The molecule has 0 saturated carbocycles. The molecule has 0 saturated heterocycles. The van der Waals surface area contributed by atoms with Crippen LogP contribution in [0.5, 0.6) is 5.75 Å². The van der Waals surface area contributed by atoms with Crippen molar-refractivity contribution in [2.45, 2.75) is 72.6 Å². The van der Waals surface area contributed by atoms with Crippen molar-refractivity contribution in [3.05, 3.63) is 58.2 Å². The fourth-order valence-electron chi connectivity index (χ4n) is 4.13. The van der Waals surface area contributed by atoms with Gasteiger partial charge in [-0.05, 0) is 57.6 Å². The van der Waals surface area contributed by atoms with Crippen molar-refractivity contribution in [3.8, 4) is 16.9 Å². The Morgan fingerprint density at radius 3 is 1.93 bits per heavy atom. The van der Waals surface area contributed by atoms with Crippen molar-refractivity contribution in [1.82, 2.24) is 0 Å². The number of benzene rings is 2. The third kappa shape index (κ3) is 3.77. The molecule has 0 fully saturated rings. The normalized spacial score (nSPS) is 14.3. The van der Waals surface area contributed by atoms with Crippen molar-refractivity contribution < 1.29 is 4.74 Å². The number of allylic oxidation sites excluding steroid dienone is 1. The lowest BCUT2D eigenvalue weighted by Crippen LogP contribution is -2.19. The standard InChI is InChI=1S/C27H36O/c1-17(2)19-13-18-11-10-12-21(22(18)14-19)20-15-23(26(3,4)5)25(28-9)24(16-20)27(6,7)8/h10-12,14-17H,13H2,1-9H3. The van der Waals surface area contributed by atoms with E-state index in [-0.39, 0.29) is 10.8 Å². The predicted molar refractivity (Wildman–Crippen MR) is 122 cm³/mol. The van der Waals surface area contributed by atoms with Gasteiger partial charge in [-0.2, -0.15) is 0 Å². The van der Waals surface area contributed by atoms with Crippen LogP contribution in [0.2, 0.25) is 0 Å². The molecule has 28 heavy (non-hydrogen) atoms. The van der Waals surface area contributed by atoms with E-state index in [4.69, 9.17) is 4.74 Å². The molecule has 1 nitrogen and oxygen atoms in total. The topological polar surface area (TPSA) is 9.23 Å². The molecule has 0 aromatic heterocycles. The Labute approximate surface area is 171 Å². The zero-order valence-corrected chi connectivity index (χ0v) is 19.2. The van der Waals surface area contributed by atoms with E-state index in [0.717, 1.165) is 12.2 Å². The Hall–Kier alpha value is -2.02. The average Bonchev–Trinajstić information content (AvgIpc) is 3.03. The van der Waals surface area contributed by atoms with E-state index in [1.807, 2.05) is 0 Å². The first-order valence-corrected chi connectivity index (χ1v) is 10.5. The van der Waals surface area contributed by atoms with Crippen LogP contribution in [-0.4, -0.2) is 7.11 Å². The first-order valence-electron chi connectivity index (χ1n) is 10.5. The number of hydrogen-bond donors (Lipinski definition) is 0. The largest absolute Gasteiger partial charge is 0.496 e. The van der Waals surface area contributed by atoms with Crippen molar-refractivity contribution in [2.75, 3.05) is 7.11 Å². The van der Waals surface area contributed by atoms with Crippen LogP contribution in [0.15, 0.2) is 35.9 Å². The van der Waals surface area contributed by atoms with Crippen molar-refractivity contribution in [2.24, 2.45) is 5.92 Å². The molecule has 0 amide bonds. The maximum absolute atomic E-state index is 5.95. The van der Waals surface area contributed by atoms with E-state index in [9.17, 15) is 0 Å². The Kier molecular flexibility index (Phi) is 5.25. The van der Waals surface area contributed by atoms with Gasteiger partial charge < -0.3 is 4.74 Å². The number of fused-ring (bicyclic) bond motifs is 1. The molecule has 0 heterocycles. The van der Waals surface area contributed by atoms with E-state index in [0.29, 0.717) is 5.92 Å². The summed E-state index contributed by atoms with van der Waals surface area (Å²) in [5, 5.41) is 0. The number of ether oxygens (including phenoxy) is 1. The van der Waals surface area contributed by atoms with Crippen LogP contribution in [0.1, 0.15) is 77.6 Å². The second-order valence-corrected chi connectivity index (χ2v) is 10.5. The van der Waals surface area contributed by atoms with Crippen LogP contribution in [0, 0.1) is 5.92 Å². The maximum Gasteiger partial charge on any atom is 0.126 e. The summed E-state index contributed by atoms with van der Waals surface area (Å²) in [6.45, 7) is 18.2. The lowest BCUT2D eigenvalue weighted by atomic mass is 9.77. The fourth-order valence-corrected chi connectivity index (χ4v) is 4.13. The Morgan fingerprint density at radius 1 is 0.893 bits per heavy atom. The van der Waals surface area contributed by atoms with Crippen LogP contribution >= 0.6 is 0 Å². The summed E-state index contributed by atoms with van der Waals surface area (Å²) in [4.78, 5) is 0. The smallest absolute Gasteiger partial charge is 0.126 e. The van der Waals surface area contributed by atoms with Gasteiger partial charge in [0.25, 0.3) is 0 Å². The van der Waals surface area contributed by atoms with Crippen LogP contribution < -0.4 is 4.74 Å². The quantitative estimate of drug-likeness (QED) is 0.537. The lowest BCUT2D eigenvalue weighted by molar-refractivity contribution is 0.381. The minimum Gasteiger partial charge on any atom is -0.496 e. The highest BCUT2D eigenvalue weighted by Crippen LogP contribution is 2.44. The van der Waals surface area contributed by atoms with Crippen molar-refractivity contribution in [1.29, 1.82) is 0 Å². The molecule has 3 rings (SSSR count). The van der Waals surface area contributed by atoms with Crippen LogP contribution in [-0.2, 0) is 17.3 Å². The Bertz CT molecular complexity index is 879. The molecular weight excluding hydrogens is 340 g/mol. The molecule has 0 bridgehead atoms. The molecule has 2 aromatic carbocycles. The average molecular weight is 377 g/mol. The van der Waals surface area contributed by atoms with Crippen LogP contribution in [0.25, 0.3) is 17.2 Å². The van der Waals surface area contributed by atoms with Gasteiger partial charge in [-0.25, -0.2) is 0 Å². The second-order valence-electron chi connectivity index (χ2n) is 10.5. The van der Waals surface area contributed by atoms with E-state index in [1.165, 1.54) is 39.0 Å². The summed E-state index contributed by atoms with van der Waals surface area (Å²) in [6.07, 6.45) is 3.50. The Balaban J connectivity index is 2.30. The number of rotatable bonds is 3. The zero-order chi connectivity index (χ0) is 20.9. The van der Waals surface area contributed by atoms with Gasteiger partial charge in [0.05, 0.1) is 7.11 Å². The van der Waals surface area contributed by atoms with Gasteiger partial charge in [-0.1, -0.05) is 85.2 Å². The molecule has 150 valence electrons. The highest BCUT2D eigenvalue weighted by molar-refractivity contribution is 5.82. The van der Waals surface area contributed by atoms with Crippen LogP contribution in [0.4, 0.5) is 0 Å². The van der Waals surface area contributed by atoms with Gasteiger partial charge in [0.15, 0.2) is 0 Å². The lowest BCUT2D eigenvalue weighted by Gasteiger charge is -2.30. The summed E-state index contributed by atoms with van der Waals surface area (Å²) in [6, 6.07) is 11.5. The van der Waals surface area contributed by atoms with Gasteiger partial charge >= 0.3 is 0 Å². The molecule has 0 atom stereocenters. The second kappa shape index (κ2) is 7.10. The Morgan fingerprint density at radius 2 is 1.46 bits per heavy atom. The maximum atomic E-state index is 5.95. The summed E-state index contributed by atoms with van der Waals surface area (Å²) in [5.74, 6) is 1.63. The van der Waals surface area contributed by atoms with Gasteiger partial charge in [-0.3, -0.25) is 0 Å². The third-order valence-electron chi connectivity index (χ3n) is 5.88. The fraction of sp³-hybridized carbons (Fsp3) is 0.481. The summed E-state index contributed by atoms with van der Waals surface area (Å²) in [7, 11) is 1.80. The molecular formula is C27H36O. The van der Waals surface area contributed by atoms with Crippen LogP contribution in [0.3, 0.4) is 0 Å². The van der Waals surface area contributed by atoms with E-state index in [2.05, 4.69) is 91.8 Å². The molecule has 1 heteroatoms. The molecule has 1 aliphatic rings. The molecule has 0 N–H and O–H groups in total. The number of methoxy groups -OCH3 is 1. The summed E-state index contributed by atoms with van der Waals surface area (Å²) in [5.41, 5.74) is 9.60. The molecule has 0 aliphatic heterocycles. The van der Waals surface area contributed by atoms with E-state index >= 15 is 0 Å². The first-order chi connectivity index (χ1) is 12.9. The van der Waals surface area contributed by atoms with Gasteiger partial charge in [-0.15, -0.1) is 0 Å². The highest BCUT2D eigenvalue weighted by Gasteiger charge is 2.28. The zero-order valence-electron chi connectivity index (χ0n) is 19.2.